The van der Waals surface area contributed by atoms with Crippen LogP contribution in [-0.2, 0) is 101 Å². The van der Waals surface area contributed by atoms with Crippen molar-refractivity contribution in [3.05, 3.63) is 209 Å². The van der Waals surface area contributed by atoms with Crippen molar-refractivity contribution in [2.24, 2.45) is 29.6 Å². The molecule has 0 unspecified atom stereocenters. The summed E-state index contributed by atoms with van der Waals surface area (Å²) in [6, 6.07) is 58.8. The number of hydrogen-bond donors (Lipinski definition) is 0. The Bertz CT molecular complexity index is 4610. The molecule has 3 heterocycles. The summed E-state index contributed by atoms with van der Waals surface area (Å²) >= 11 is 0. The molecular weight excluding hydrogens is 1840 g/mol. The van der Waals surface area contributed by atoms with Crippen molar-refractivity contribution in [3.8, 4) is 5.75 Å². The maximum atomic E-state index is 12.4. The molecule has 0 spiro atoms. The van der Waals surface area contributed by atoms with Crippen LogP contribution in [0.15, 0.2) is 176 Å². The first-order chi connectivity index (χ1) is 70.6. The lowest BCUT2D eigenvalue weighted by Crippen LogP contribution is -2.54. The molecule has 0 aromatic heterocycles. The van der Waals surface area contributed by atoms with Crippen LogP contribution in [0.5, 0.6) is 5.75 Å². The molecule has 20 heteroatoms. The zero-order valence-corrected chi connectivity index (χ0v) is 93.5. The van der Waals surface area contributed by atoms with Gasteiger partial charge in [0, 0.05) is 71.4 Å². The number of piperidine rings is 3. The van der Waals surface area contributed by atoms with Crippen molar-refractivity contribution in [2.45, 2.75) is 457 Å². The summed E-state index contributed by atoms with van der Waals surface area (Å²) in [7, 11) is 1.63. The van der Waals surface area contributed by atoms with E-state index in [9.17, 15) is 38.4 Å². The van der Waals surface area contributed by atoms with E-state index >= 15 is 0 Å². The number of rotatable bonds is 35. The number of aryl methyl sites for hydroxylation is 5. The predicted octanol–water partition coefficient (Wildman–Crippen LogP) is 31.2. The summed E-state index contributed by atoms with van der Waals surface area (Å²) in [5, 5.41) is 0. The summed E-state index contributed by atoms with van der Waals surface area (Å²) in [6.45, 7) is 34.1. The van der Waals surface area contributed by atoms with Gasteiger partial charge in [0.2, 0.25) is 0 Å². The molecule has 0 atom stereocenters. The number of nitrogens with zero attached hydrogens (tertiary/aromatic N) is 3. The number of esters is 5. The molecule has 0 radical (unpaired) electrons. The van der Waals surface area contributed by atoms with Crippen LogP contribution in [0.4, 0.5) is 14.4 Å². The fourth-order valence-electron chi connectivity index (χ4n) is 22.1. The molecule has 7 saturated carbocycles. The van der Waals surface area contributed by atoms with Crippen molar-refractivity contribution in [3.63, 3.8) is 0 Å². The van der Waals surface area contributed by atoms with E-state index in [1.54, 1.807) is 12.0 Å². The average Bonchev–Trinajstić information content (AvgIpc) is 0.745. The van der Waals surface area contributed by atoms with Crippen molar-refractivity contribution >= 4 is 48.1 Å². The lowest BCUT2D eigenvalue weighted by atomic mass is 9.54. The van der Waals surface area contributed by atoms with Gasteiger partial charge in [0.15, 0.2) is 0 Å². The molecule has 7 aliphatic carbocycles. The molecule has 3 aliphatic heterocycles. The van der Waals surface area contributed by atoms with Gasteiger partial charge in [0.05, 0.1) is 7.11 Å². The van der Waals surface area contributed by atoms with Gasteiger partial charge in [-0.1, -0.05) is 237 Å². The Morgan fingerprint density at radius 1 is 0.347 bits per heavy atom. The van der Waals surface area contributed by atoms with E-state index in [-0.39, 0.29) is 87.3 Å². The number of methoxy groups -OCH3 is 1. The van der Waals surface area contributed by atoms with E-state index in [1.165, 1.54) is 137 Å². The summed E-state index contributed by atoms with van der Waals surface area (Å²) in [5.41, 5.74) is 5.66. The summed E-state index contributed by atoms with van der Waals surface area (Å²) in [4.78, 5) is 101. The Kier molecular flexibility index (Phi) is 54.5. The van der Waals surface area contributed by atoms with E-state index in [0.29, 0.717) is 50.5 Å². The first-order valence-electron chi connectivity index (χ1n) is 57.4. The molecule has 20 nitrogen and oxygen atoms in total. The van der Waals surface area contributed by atoms with Gasteiger partial charge >= 0.3 is 48.1 Å². The van der Waals surface area contributed by atoms with E-state index in [0.717, 1.165) is 242 Å². The number of carbonyl (C=O) groups is 8. The van der Waals surface area contributed by atoms with Gasteiger partial charge in [-0.15, -0.1) is 0 Å². The second-order valence-corrected chi connectivity index (χ2v) is 45.6. The maximum Gasteiger partial charge on any atom is 0.410 e. The van der Waals surface area contributed by atoms with E-state index < -0.39 is 0 Å². The SMILES string of the molecule is CC(C)(C)OC(=O)N1CCCCC1.CC(C)(OC(=O)CCCc1ccccc1)C1CCCCC1.CC(C)C1(OC(=O)CCCc2ccccc2)CCCCC1.CC1(OC(=O)N2CCCCC2)CCCCC1.CCC(C)(C)OC(=O)CCCc1ccccc1.CCC(CC)(CC)OC(=O)CCCc1ccccc1.COc1ccc(COC(=O)CCCc2ccccc2)cc1.O=C(OC12CC3CC(CC(C3)C1)C2)N1CCCCC1. The van der Waals surface area contributed by atoms with Gasteiger partial charge in [0.25, 0.3) is 0 Å². The molecule has 6 aromatic rings. The van der Waals surface area contributed by atoms with Crippen LogP contribution < -0.4 is 4.74 Å². The first kappa shape index (κ1) is 122. The van der Waals surface area contributed by atoms with Crippen LogP contribution in [0.2, 0.25) is 0 Å². The molecule has 4 bridgehead atoms. The normalized spacial score (nSPS) is 19.2. The molecule has 6 aromatic carbocycles. The fourth-order valence-corrected chi connectivity index (χ4v) is 22.1. The Morgan fingerprint density at radius 3 is 1.04 bits per heavy atom. The Labute approximate surface area is 887 Å². The topological polar surface area (TPSA) is 229 Å². The minimum atomic E-state index is -0.367. The summed E-state index contributed by atoms with van der Waals surface area (Å²) < 4.78 is 50.2. The molecule has 0 N–H and O–H groups in total. The largest absolute Gasteiger partial charge is 0.497 e. The van der Waals surface area contributed by atoms with Gasteiger partial charge in [-0.25, -0.2) is 14.4 Å². The van der Waals surface area contributed by atoms with Crippen LogP contribution in [0, 0.1) is 29.6 Å². The lowest BCUT2D eigenvalue weighted by Gasteiger charge is -2.55. The van der Waals surface area contributed by atoms with Gasteiger partial charge in [-0.3, -0.25) is 24.0 Å². The highest BCUT2D eigenvalue weighted by atomic mass is 16.6. The molecule has 816 valence electrons. The molecule has 10 aliphatic rings. The number of amides is 3. The Morgan fingerprint density at radius 2 is 0.680 bits per heavy atom. The van der Waals surface area contributed by atoms with Crippen LogP contribution in [0.3, 0.4) is 0 Å². The van der Waals surface area contributed by atoms with Crippen molar-refractivity contribution in [1.82, 2.24) is 14.7 Å². The van der Waals surface area contributed by atoms with Crippen LogP contribution in [-0.4, -0.2) is 148 Å². The Balaban J connectivity index is 0.000000206. The molecule has 147 heavy (non-hydrogen) atoms. The standard InChI is InChI=1S/2C19H28O2.C18H20O3.C17H26O2.C16H25NO2.C15H22O2.C13H23NO2.C10H19NO2/c1-16(2)19(14-7-4-8-15-19)21-18(20)13-9-12-17-10-5-3-6-11-17;1-19(2,17-13-7-4-8-14-17)21-18(20)15-9-12-16-10-5-3-6-11-16;1-20-17-12-10-16(11-13-17)14-21-18(19)9-5-8-15-6-3-2-4-7-15;1-4-17(5-2,6-3)19-16(18)14-10-13-15-11-8-7-9-12-15;18-15(17-4-2-1-3-5-17)19-16-9-12-6-13(10-16)8-14(7-12)11-16;1-4-15(2,3)17-14(16)12-8-11-13-9-6-5-7-10-13;1-13(8-4-2-5-9-13)16-12(15)14-10-6-3-7-11-14;1-10(2,3)13-9(12)11-7-5-4-6-8-11/h3,5-6,10-11,16H,4,7-9,12-15H2,1-2H3;3,5-6,10-11,17H,4,7-9,12-15H2,1-2H3;2-4,6-7,10-13H,5,8-9,14H2,1H3;7-9,11-12H,4-6,10,13-14H2,1-3H3;12-14H,1-11H2;5-7,9-10H,4,8,11-12H2,1-3H3;2-11H2,1H3;4-8H2,1-3H3. The van der Waals surface area contributed by atoms with E-state index in [4.69, 9.17) is 42.6 Å². The van der Waals surface area contributed by atoms with Crippen molar-refractivity contribution in [1.29, 1.82) is 0 Å². The van der Waals surface area contributed by atoms with Gasteiger partial charge in [-0.05, 0) is 381 Å². The monoisotopic (exact) mass is 2030 g/mol. The van der Waals surface area contributed by atoms with Crippen molar-refractivity contribution in [2.75, 3.05) is 46.4 Å². The number of ether oxygens (including phenoxy) is 9. The fraction of sp³-hybridized carbons (Fsp3) is 0.654. The molecule has 3 saturated heterocycles. The van der Waals surface area contributed by atoms with E-state index in [2.05, 4.69) is 116 Å². The number of likely N-dealkylation sites (tertiary alicyclic amines) is 3. The highest BCUT2D eigenvalue weighted by molar-refractivity contribution is 5.72. The highest BCUT2D eigenvalue weighted by Crippen LogP contribution is 2.57. The minimum Gasteiger partial charge on any atom is -0.497 e. The maximum absolute atomic E-state index is 12.4. The van der Waals surface area contributed by atoms with Gasteiger partial charge in [0.1, 0.15) is 51.6 Å². The predicted molar refractivity (Wildman–Crippen MR) is 591 cm³/mol. The van der Waals surface area contributed by atoms with Crippen LogP contribution in [0.1, 0.15) is 413 Å². The number of hydrogen-bond acceptors (Lipinski definition) is 17. The zero-order chi connectivity index (χ0) is 106. The number of carbonyl (C=O) groups excluding carboxylic acids is 8. The third-order valence-corrected chi connectivity index (χ3v) is 31.3. The average molecular weight is 2030 g/mol. The lowest BCUT2D eigenvalue weighted by molar-refractivity contribution is -0.170. The second kappa shape index (κ2) is 65.4. The van der Waals surface area contributed by atoms with Gasteiger partial charge < -0.3 is 57.3 Å². The van der Waals surface area contributed by atoms with Crippen LogP contribution >= 0.6 is 0 Å². The second-order valence-electron chi connectivity index (χ2n) is 45.6. The molecule has 16 rings (SSSR count). The molecule has 3 amide bonds. The highest BCUT2D eigenvalue weighted by Gasteiger charge is 2.54. The van der Waals surface area contributed by atoms with Gasteiger partial charge in [-0.2, -0.15) is 0 Å². The van der Waals surface area contributed by atoms with E-state index in [1.807, 2.05) is 167 Å². The third-order valence-electron chi connectivity index (χ3n) is 31.3. The first-order valence-corrected chi connectivity index (χ1v) is 57.4. The summed E-state index contributed by atoms with van der Waals surface area (Å²) in [5.74, 6) is 3.94. The minimum absolute atomic E-state index is 0.0124. The smallest absolute Gasteiger partial charge is 0.410 e. The zero-order valence-electron chi connectivity index (χ0n) is 93.5. The number of benzene rings is 6. The Hall–Kier alpha value is -9.72. The third kappa shape index (κ3) is 47.6. The molecule has 10 fully saturated rings. The van der Waals surface area contributed by atoms with Crippen molar-refractivity contribution < 1.29 is 81.0 Å². The van der Waals surface area contributed by atoms with Crippen LogP contribution in [0.25, 0.3) is 0 Å². The summed E-state index contributed by atoms with van der Waals surface area (Å²) in [6.07, 6.45) is 50.7. The quantitative estimate of drug-likeness (QED) is 0.0266. The molecular formula is C127H191N3O17.